The Morgan fingerprint density at radius 2 is 1.79 bits per heavy atom. The average molecular weight is 457 g/mol. The van der Waals surface area contributed by atoms with Gasteiger partial charge in [0, 0.05) is 36.9 Å². The number of nitrogens with zero attached hydrogens (tertiary/aromatic N) is 2. The van der Waals surface area contributed by atoms with Crippen LogP contribution < -0.4 is 10.1 Å². The first-order valence-electron chi connectivity index (χ1n) is 11.2. The Kier molecular flexibility index (Phi) is 5.49. The van der Waals surface area contributed by atoms with Crippen LogP contribution in [-0.2, 0) is 16.0 Å². The lowest BCUT2D eigenvalue weighted by Gasteiger charge is -2.07. The predicted octanol–water partition coefficient (Wildman–Crippen LogP) is 4.68. The van der Waals surface area contributed by atoms with Gasteiger partial charge in [-0.1, -0.05) is 30.3 Å². The minimum absolute atomic E-state index is 0.125. The molecule has 0 saturated heterocycles. The van der Waals surface area contributed by atoms with E-state index in [2.05, 4.69) is 15.5 Å². The van der Waals surface area contributed by atoms with E-state index < -0.39 is 5.97 Å². The minimum atomic E-state index is -0.450. The minimum Gasteiger partial charge on any atom is -0.424 e. The number of rotatable bonds is 6. The third-order valence-corrected chi connectivity index (χ3v) is 5.90. The molecular formula is C26H24N4O4. The summed E-state index contributed by atoms with van der Waals surface area (Å²) in [6, 6.07) is 15.2. The number of anilines is 1. The van der Waals surface area contributed by atoms with Gasteiger partial charge in [0.15, 0.2) is 11.6 Å². The van der Waals surface area contributed by atoms with Gasteiger partial charge < -0.3 is 10.1 Å². The Labute approximate surface area is 195 Å². The lowest BCUT2D eigenvalue weighted by molar-refractivity contribution is -0.131. The molecule has 0 aliphatic heterocycles. The number of carbonyl (C=O) groups is 3. The van der Waals surface area contributed by atoms with Gasteiger partial charge in [0.25, 0.3) is 0 Å². The molecule has 1 saturated carbocycles. The monoisotopic (exact) mass is 456 g/mol. The SMILES string of the molecule is CC(=O)Oc1cn(C(C)=O)c2ccc(-c3ccc(CC(=O)Nc4cc(C5CC5)[nH]n4)cc3)cc12. The fourth-order valence-electron chi connectivity index (χ4n) is 4.07. The second-order valence-electron chi connectivity index (χ2n) is 8.61. The second-order valence-corrected chi connectivity index (χ2v) is 8.61. The molecule has 2 aromatic carbocycles. The lowest BCUT2D eigenvalue weighted by atomic mass is 10.0. The van der Waals surface area contributed by atoms with Crippen LogP contribution in [0.25, 0.3) is 22.0 Å². The molecule has 2 heterocycles. The van der Waals surface area contributed by atoms with Crippen LogP contribution >= 0.6 is 0 Å². The number of hydrogen-bond acceptors (Lipinski definition) is 5. The highest BCUT2D eigenvalue weighted by molar-refractivity contribution is 5.98. The van der Waals surface area contributed by atoms with Gasteiger partial charge in [-0.15, -0.1) is 0 Å². The number of ether oxygens (including phenoxy) is 1. The van der Waals surface area contributed by atoms with Crippen LogP contribution in [0.5, 0.6) is 5.75 Å². The molecule has 0 atom stereocenters. The molecule has 34 heavy (non-hydrogen) atoms. The molecule has 5 rings (SSSR count). The third kappa shape index (κ3) is 4.47. The van der Waals surface area contributed by atoms with Gasteiger partial charge in [0.1, 0.15) is 0 Å². The lowest BCUT2D eigenvalue weighted by Crippen LogP contribution is -2.14. The summed E-state index contributed by atoms with van der Waals surface area (Å²) in [7, 11) is 0. The van der Waals surface area contributed by atoms with Crippen molar-refractivity contribution in [3.63, 3.8) is 0 Å². The van der Waals surface area contributed by atoms with E-state index in [1.54, 1.807) is 0 Å². The Bertz CT molecular complexity index is 1410. The zero-order valence-electron chi connectivity index (χ0n) is 18.9. The fourth-order valence-corrected chi connectivity index (χ4v) is 4.07. The van der Waals surface area contributed by atoms with Crippen molar-refractivity contribution in [3.8, 4) is 16.9 Å². The molecule has 0 spiro atoms. The molecule has 8 nitrogen and oxygen atoms in total. The Hall–Kier alpha value is -4.20. The van der Waals surface area contributed by atoms with Crippen molar-refractivity contribution in [2.75, 3.05) is 5.32 Å². The van der Waals surface area contributed by atoms with Crippen LogP contribution in [-0.4, -0.2) is 32.5 Å². The van der Waals surface area contributed by atoms with Gasteiger partial charge in [-0.3, -0.25) is 24.0 Å². The van der Waals surface area contributed by atoms with Gasteiger partial charge >= 0.3 is 5.97 Å². The van der Waals surface area contributed by atoms with Crippen molar-refractivity contribution < 1.29 is 19.1 Å². The molecule has 1 fully saturated rings. The number of hydrogen-bond donors (Lipinski definition) is 2. The van der Waals surface area contributed by atoms with Crippen LogP contribution in [0, 0.1) is 0 Å². The number of fused-ring (bicyclic) bond motifs is 1. The molecule has 1 aliphatic rings. The van der Waals surface area contributed by atoms with Crippen LogP contribution in [0.4, 0.5) is 5.82 Å². The van der Waals surface area contributed by atoms with Crippen molar-refractivity contribution in [2.24, 2.45) is 0 Å². The number of benzene rings is 2. The molecule has 172 valence electrons. The zero-order valence-corrected chi connectivity index (χ0v) is 18.9. The number of amides is 1. The topological polar surface area (TPSA) is 106 Å². The van der Waals surface area contributed by atoms with Gasteiger partial charge in [-0.25, -0.2) is 0 Å². The maximum Gasteiger partial charge on any atom is 0.308 e. The molecule has 2 N–H and O–H groups in total. The number of H-pyrrole nitrogens is 1. The molecule has 2 aromatic heterocycles. The molecule has 1 amide bonds. The average Bonchev–Trinajstić information content (AvgIpc) is 3.45. The van der Waals surface area contributed by atoms with Gasteiger partial charge in [-0.05, 0) is 41.7 Å². The van der Waals surface area contributed by atoms with Crippen molar-refractivity contribution in [1.29, 1.82) is 0 Å². The Morgan fingerprint density at radius 1 is 1.06 bits per heavy atom. The van der Waals surface area contributed by atoms with E-state index >= 15 is 0 Å². The zero-order chi connectivity index (χ0) is 23.8. The molecular weight excluding hydrogens is 432 g/mol. The molecule has 0 unspecified atom stereocenters. The van der Waals surface area contributed by atoms with Gasteiger partial charge in [-0.2, -0.15) is 5.10 Å². The highest BCUT2D eigenvalue weighted by Gasteiger charge is 2.25. The first kappa shape index (κ1) is 21.6. The predicted molar refractivity (Wildman–Crippen MR) is 128 cm³/mol. The number of carbonyl (C=O) groups excluding carboxylic acids is 3. The fraction of sp³-hybridized carbons (Fsp3) is 0.231. The molecule has 4 aromatic rings. The van der Waals surface area contributed by atoms with E-state index in [1.807, 2.05) is 48.5 Å². The highest BCUT2D eigenvalue weighted by atomic mass is 16.5. The second kappa shape index (κ2) is 8.62. The maximum atomic E-state index is 12.4. The molecule has 0 bridgehead atoms. The quantitative estimate of drug-likeness (QED) is 0.410. The summed E-state index contributed by atoms with van der Waals surface area (Å²) in [4.78, 5) is 35.9. The van der Waals surface area contributed by atoms with Crippen LogP contribution in [0.15, 0.2) is 54.7 Å². The normalized spacial score (nSPS) is 13.1. The Balaban J connectivity index is 1.32. The van der Waals surface area contributed by atoms with E-state index in [-0.39, 0.29) is 18.2 Å². The summed E-state index contributed by atoms with van der Waals surface area (Å²) in [6.07, 6.45) is 4.11. The number of esters is 1. The Morgan fingerprint density at radius 3 is 2.47 bits per heavy atom. The number of aromatic amines is 1. The summed E-state index contributed by atoms with van der Waals surface area (Å²) < 4.78 is 6.78. The van der Waals surface area contributed by atoms with E-state index in [4.69, 9.17) is 4.74 Å². The first-order valence-corrected chi connectivity index (χ1v) is 11.2. The standard InChI is InChI=1S/C26H24N4O4/c1-15(31)30-14-24(34-16(2)32)21-12-20(9-10-23(21)30)18-5-3-17(4-6-18)11-26(33)27-25-13-22(28-29-25)19-7-8-19/h3-6,9-10,12-14,19H,7-8,11H2,1-2H3,(H2,27,28,29,33). The molecule has 8 heteroatoms. The van der Waals surface area contributed by atoms with Crippen LogP contribution in [0.2, 0.25) is 0 Å². The molecule has 0 radical (unpaired) electrons. The van der Waals surface area contributed by atoms with Gasteiger partial charge in [0.2, 0.25) is 11.8 Å². The van der Waals surface area contributed by atoms with E-state index in [0.717, 1.165) is 22.4 Å². The maximum absolute atomic E-state index is 12.4. The number of aromatic nitrogens is 3. The smallest absolute Gasteiger partial charge is 0.308 e. The largest absolute Gasteiger partial charge is 0.424 e. The summed E-state index contributed by atoms with van der Waals surface area (Å²) in [5.74, 6) is 0.705. The van der Waals surface area contributed by atoms with Crippen LogP contribution in [0.1, 0.15) is 48.7 Å². The van der Waals surface area contributed by atoms with Crippen molar-refractivity contribution in [1.82, 2.24) is 14.8 Å². The number of nitrogens with one attached hydrogen (secondary N) is 2. The summed E-state index contributed by atoms with van der Waals surface area (Å²) in [6.45, 7) is 2.78. The highest BCUT2D eigenvalue weighted by Crippen LogP contribution is 2.39. The summed E-state index contributed by atoms with van der Waals surface area (Å²) in [5, 5.41) is 10.7. The van der Waals surface area contributed by atoms with E-state index in [1.165, 1.54) is 37.5 Å². The van der Waals surface area contributed by atoms with E-state index in [9.17, 15) is 14.4 Å². The van der Waals surface area contributed by atoms with Crippen LogP contribution in [0.3, 0.4) is 0 Å². The summed E-state index contributed by atoms with van der Waals surface area (Å²) >= 11 is 0. The third-order valence-electron chi connectivity index (χ3n) is 5.90. The van der Waals surface area contributed by atoms with Crippen molar-refractivity contribution in [2.45, 2.75) is 39.0 Å². The van der Waals surface area contributed by atoms with Crippen molar-refractivity contribution in [3.05, 3.63) is 66.0 Å². The summed E-state index contributed by atoms with van der Waals surface area (Å²) in [5.41, 5.74) is 4.47. The van der Waals surface area contributed by atoms with E-state index in [0.29, 0.717) is 28.4 Å². The molecule has 1 aliphatic carbocycles. The first-order chi connectivity index (χ1) is 16.4. The van der Waals surface area contributed by atoms with Gasteiger partial charge in [0.05, 0.1) is 18.1 Å². The van der Waals surface area contributed by atoms with Crippen molar-refractivity contribution >= 4 is 34.5 Å².